The van der Waals surface area contributed by atoms with Gasteiger partial charge in [-0.1, -0.05) is 0 Å². The second-order valence-corrected chi connectivity index (χ2v) is 5.59. The molecule has 0 aromatic heterocycles. The number of likely N-dealkylation sites (tertiary alicyclic amines) is 1. The van der Waals surface area contributed by atoms with Crippen LogP contribution >= 0.6 is 0 Å². The summed E-state index contributed by atoms with van der Waals surface area (Å²) >= 11 is 0. The monoisotopic (exact) mass is 298 g/mol. The number of hydrogen-bond donors (Lipinski definition) is 2. The van der Waals surface area contributed by atoms with Crippen molar-refractivity contribution >= 4 is 17.7 Å². The van der Waals surface area contributed by atoms with Gasteiger partial charge >= 0.3 is 0 Å². The van der Waals surface area contributed by atoms with E-state index < -0.39 is 12.0 Å². The standard InChI is InChI=1S/C13H22N4O4/c1-9(18)16-7-10(19)8-17(16)12(20)6-14-13(21)11-4-3-5-15(11)2/h10-11,19H,3-8H2,1-2H3,(H,14,21). The molecule has 2 unspecified atom stereocenters. The number of rotatable bonds is 3. The number of β-amino-alcohol motifs (C(OH)–C–C–N with tert-alkyl or cyclic N) is 1. The summed E-state index contributed by atoms with van der Waals surface area (Å²) in [7, 11) is 1.88. The molecule has 0 spiro atoms. The van der Waals surface area contributed by atoms with Crippen LogP contribution in [0.25, 0.3) is 0 Å². The Balaban J connectivity index is 1.86. The maximum atomic E-state index is 12.1. The average molecular weight is 298 g/mol. The molecule has 0 bridgehead atoms. The van der Waals surface area contributed by atoms with E-state index in [1.165, 1.54) is 16.9 Å². The minimum atomic E-state index is -0.741. The van der Waals surface area contributed by atoms with Gasteiger partial charge in [0.1, 0.15) is 0 Å². The Hall–Kier alpha value is -1.67. The Kier molecular flexibility index (Phi) is 4.79. The Morgan fingerprint density at radius 1 is 1.24 bits per heavy atom. The molecule has 2 N–H and O–H groups in total. The summed E-state index contributed by atoms with van der Waals surface area (Å²) in [6.45, 7) is 2.24. The Morgan fingerprint density at radius 2 is 1.90 bits per heavy atom. The van der Waals surface area contributed by atoms with E-state index in [2.05, 4.69) is 5.32 Å². The average Bonchev–Trinajstić information content (AvgIpc) is 3.01. The van der Waals surface area contributed by atoms with Crippen LogP contribution in [-0.4, -0.2) is 83.1 Å². The summed E-state index contributed by atoms with van der Waals surface area (Å²) in [5, 5.41) is 14.6. The summed E-state index contributed by atoms with van der Waals surface area (Å²) < 4.78 is 0. The van der Waals surface area contributed by atoms with E-state index in [1.54, 1.807) is 0 Å². The fraction of sp³-hybridized carbons (Fsp3) is 0.769. The van der Waals surface area contributed by atoms with Gasteiger partial charge in [0.05, 0.1) is 31.8 Å². The third-order valence-corrected chi connectivity index (χ3v) is 3.95. The van der Waals surface area contributed by atoms with Gasteiger partial charge in [-0.05, 0) is 26.4 Å². The molecule has 2 aliphatic rings. The van der Waals surface area contributed by atoms with Crippen LogP contribution < -0.4 is 5.32 Å². The van der Waals surface area contributed by atoms with Crippen molar-refractivity contribution < 1.29 is 19.5 Å². The molecule has 0 saturated carbocycles. The summed E-state index contributed by atoms with van der Waals surface area (Å²) in [5.41, 5.74) is 0. The molecule has 8 nitrogen and oxygen atoms in total. The second kappa shape index (κ2) is 6.40. The number of amides is 3. The molecule has 2 atom stereocenters. The summed E-state index contributed by atoms with van der Waals surface area (Å²) in [6, 6.07) is -0.189. The van der Waals surface area contributed by atoms with Crippen molar-refractivity contribution in [3.05, 3.63) is 0 Å². The molecule has 0 aromatic carbocycles. The van der Waals surface area contributed by atoms with Gasteiger partial charge in [0.15, 0.2) is 0 Å². The number of hydrazine groups is 1. The van der Waals surface area contributed by atoms with Crippen LogP contribution in [0.4, 0.5) is 0 Å². The van der Waals surface area contributed by atoms with Crippen molar-refractivity contribution in [1.82, 2.24) is 20.2 Å². The highest BCUT2D eigenvalue weighted by Crippen LogP contribution is 2.15. The molecule has 0 aliphatic carbocycles. The zero-order valence-electron chi connectivity index (χ0n) is 12.4. The lowest BCUT2D eigenvalue weighted by Crippen LogP contribution is -2.50. The first-order valence-electron chi connectivity index (χ1n) is 7.14. The minimum absolute atomic E-state index is 0.0810. The number of aliphatic hydroxyl groups excluding tert-OH is 1. The van der Waals surface area contributed by atoms with Crippen LogP contribution in [0.3, 0.4) is 0 Å². The van der Waals surface area contributed by atoms with Crippen molar-refractivity contribution in [2.24, 2.45) is 0 Å². The van der Waals surface area contributed by atoms with Crippen molar-refractivity contribution in [1.29, 1.82) is 0 Å². The number of hydrogen-bond acceptors (Lipinski definition) is 5. The van der Waals surface area contributed by atoms with E-state index >= 15 is 0 Å². The van der Waals surface area contributed by atoms with E-state index in [9.17, 15) is 19.5 Å². The van der Waals surface area contributed by atoms with Crippen LogP contribution in [-0.2, 0) is 14.4 Å². The van der Waals surface area contributed by atoms with E-state index in [0.717, 1.165) is 19.4 Å². The first-order valence-corrected chi connectivity index (χ1v) is 7.14. The third-order valence-electron chi connectivity index (χ3n) is 3.95. The van der Waals surface area contributed by atoms with Crippen molar-refractivity contribution in [3.63, 3.8) is 0 Å². The fourth-order valence-corrected chi connectivity index (χ4v) is 2.80. The highest BCUT2D eigenvalue weighted by Gasteiger charge is 2.35. The van der Waals surface area contributed by atoms with Gasteiger partial charge in [0, 0.05) is 6.92 Å². The smallest absolute Gasteiger partial charge is 0.260 e. The summed E-state index contributed by atoms with van der Waals surface area (Å²) in [4.78, 5) is 37.5. The number of carbonyl (C=O) groups excluding carboxylic acids is 3. The van der Waals surface area contributed by atoms with E-state index in [1.807, 2.05) is 11.9 Å². The van der Waals surface area contributed by atoms with Gasteiger partial charge in [-0.15, -0.1) is 0 Å². The lowest BCUT2D eigenvalue weighted by Gasteiger charge is -2.26. The molecule has 21 heavy (non-hydrogen) atoms. The number of likely N-dealkylation sites (N-methyl/N-ethyl adjacent to an activating group) is 1. The van der Waals surface area contributed by atoms with Gasteiger partial charge < -0.3 is 10.4 Å². The molecule has 0 aromatic rings. The number of nitrogens with zero attached hydrogens (tertiary/aromatic N) is 3. The highest BCUT2D eigenvalue weighted by atomic mass is 16.3. The Bertz CT molecular complexity index is 442. The zero-order valence-corrected chi connectivity index (χ0v) is 12.4. The topological polar surface area (TPSA) is 93.2 Å². The van der Waals surface area contributed by atoms with Gasteiger partial charge in [0.2, 0.25) is 11.8 Å². The minimum Gasteiger partial charge on any atom is -0.389 e. The molecular formula is C13H22N4O4. The normalized spacial score (nSPS) is 26.2. The van der Waals surface area contributed by atoms with Gasteiger partial charge in [0.25, 0.3) is 5.91 Å². The summed E-state index contributed by atoms with van der Waals surface area (Å²) in [5.74, 6) is -0.866. The quantitative estimate of drug-likeness (QED) is 0.639. The molecule has 8 heteroatoms. The molecule has 118 valence electrons. The van der Waals surface area contributed by atoms with E-state index in [4.69, 9.17) is 0 Å². The van der Waals surface area contributed by atoms with Crippen LogP contribution in [0.15, 0.2) is 0 Å². The maximum Gasteiger partial charge on any atom is 0.260 e. The first kappa shape index (κ1) is 15.7. The van der Waals surface area contributed by atoms with Gasteiger partial charge in [-0.2, -0.15) is 0 Å². The van der Waals surface area contributed by atoms with Crippen molar-refractivity contribution in [2.45, 2.75) is 31.9 Å². The van der Waals surface area contributed by atoms with Gasteiger partial charge in [-0.3, -0.25) is 19.3 Å². The van der Waals surface area contributed by atoms with Crippen molar-refractivity contribution in [2.75, 3.05) is 33.2 Å². The third kappa shape index (κ3) is 3.51. The lowest BCUT2D eigenvalue weighted by atomic mass is 10.2. The molecule has 2 rings (SSSR count). The first-order chi connectivity index (χ1) is 9.90. The Morgan fingerprint density at radius 3 is 2.48 bits per heavy atom. The van der Waals surface area contributed by atoms with Crippen molar-refractivity contribution in [3.8, 4) is 0 Å². The second-order valence-electron chi connectivity index (χ2n) is 5.59. The van der Waals surface area contributed by atoms with E-state index in [0.29, 0.717) is 0 Å². The lowest BCUT2D eigenvalue weighted by molar-refractivity contribution is -0.156. The highest BCUT2D eigenvalue weighted by molar-refractivity contribution is 5.88. The number of aliphatic hydroxyl groups is 1. The van der Waals surface area contributed by atoms with Crippen LogP contribution in [0.1, 0.15) is 19.8 Å². The maximum absolute atomic E-state index is 12.1. The fourth-order valence-electron chi connectivity index (χ4n) is 2.80. The SMILES string of the molecule is CC(=O)N1CC(O)CN1C(=O)CNC(=O)C1CCCN1C. The van der Waals surface area contributed by atoms with E-state index in [-0.39, 0.29) is 37.5 Å². The van der Waals surface area contributed by atoms with Gasteiger partial charge in [-0.25, -0.2) is 10.0 Å². The predicted octanol–water partition coefficient (Wildman–Crippen LogP) is -1.84. The number of nitrogens with one attached hydrogen (secondary N) is 1. The Labute approximate surface area is 123 Å². The predicted molar refractivity (Wildman–Crippen MR) is 73.8 cm³/mol. The molecule has 2 aliphatic heterocycles. The largest absolute Gasteiger partial charge is 0.389 e. The summed E-state index contributed by atoms with van der Waals surface area (Å²) in [6.07, 6.45) is 1.02. The molecule has 2 heterocycles. The van der Waals surface area contributed by atoms with Crippen LogP contribution in [0, 0.1) is 0 Å². The van der Waals surface area contributed by atoms with Crippen LogP contribution in [0.5, 0.6) is 0 Å². The molecule has 3 amide bonds. The molecule has 2 saturated heterocycles. The molecule has 2 fully saturated rings. The van der Waals surface area contributed by atoms with Crippen LogP contribution in [0.2, 0.25) is 0 Å². The molecular weight excluding hydrogens is 276 g/mol. The molecule has 0 radical (unpaired) electrons. The zero-order chi connectivity index (χ0) is 15.6. The number of carbonyl (C=O) groups is 3.